The zero-order chi connectivity index (χ0) is 20.5. The van der Waals surface area contributed by atoms with Crippen LogP contribution in [-0.2, 0) is 0 Å². The molecule has 4 rings (SSSR count). The van der Waals surface area contributed by atoms with Crippen LogP contribution in [0.4, 0.5) is 0 Å². The average Bonchev–Trinajstić information content (AvgIpc) is 3.16. The maximum absolute atomic E-state index is 13.0. The summed E-state index contributed by atoms with van der Waals surface area (Å²) in [6, 6.07) is 7.78. The van der Waals surface area contributed by atoms with Gasteiger partial charge < -0.3 is 14.8 Å². The molecule has 0 fully saturated rings. The van der Waals surface area contributed by atoms with Gasteiger partial charge in [0.2, 0.25) is 0 Å². The third-order valence-corrected chi connectivity index (χ3v) is 5.13. The number of pyridine rings is 1. The number of benzene rings is 1. The van der Waals surface area contributed by atoms with Gasteiger partial charge in [-0.2, -0.15) is 5.10 Å². The highest BCUT2D eigenvalue weighted by atomic mass is 16.6. The van der Waals surface area contributed by atoms with Crippen molar-refractivity contribution in [1.82, 2.24) is 20.1 Å². The lowest BCUT2D eigenvalue weighted by Gasteiger charge is -2.19. The van der Waals surface area contributed by atoms with Crippen LogP contribution in [0.5, 0.6) is 11.5 Å². The molecule has 152 valence electrons. The van der Waals surface area contributed by atoms with Crippen LogP contribution in [-0.4, -0.2) is 39.9 Å². The third kappa shape index (κ3) is 3.64. The van der Waals surface area contributed by atoms with E-state index in [1.807, 2.05) is 56.6 Å². The fourth-order valence-electron chi connectivity index (χ4n) is 3.34. The molecular formula is C22H26N4O3. The Morgan fingerprint density at radius 3 is 2.66 bits per heavy atom. The van der Waals surface area contributed by atoms with Crippen molar-refractivity contribution < 1.29 is 14.3 Å². The number of rotatable bonds is 5. The van der Waals surface area contributed by atoms with Crippen molar-refractivity contribution in [3.8, 4) is 22.8 Å². The Morgan fingerprint density at radius 1 is 1.17 bits per heavy atom. The van der Waals surface area contributed by atoms with Crippen LogP contribution in [0.2, 0.25) is 0 Å². The quantitative estimate of drug-likeness (QED) is 0.708. The Balaban J connectivity index is 1.86. The number of hydrogen-bond acceptors (Lipinski definition) is 5. The smallest absolute Gasteiger partial charge is 0.252 e. The van der Waals surface area contributed by atoms with Gasteiger partial charge in [0.1, 0.15) is 13.2 Å². The maximum atomic E-state index is 13.0. The summed E-state index contributed by atoms with van der Waals surface area (Å²) in [4.78, 5) is 17.8. The third-order valence-electron chi connectivity index (χ3n) is 5.13. The second kappa shape index (κ2) is 7.73. The first-order valence-corrected chi connectivity index (χ1v) is 10.1. The lowest BCUT2D eigenvalue weighted by atomic mass is 10.1. The molecule has 0 saturated heterocycles. The number of hydrogen-bond donors (Lipinski definition) is 1. The van der Waals surface area contributed by atoms with Crippen molar-refractivity contribution in [1.29, 1.82) is 0 Å². The Bertz CT molecular complexity index is 1060. The van der Waals surface area contributed by atoms with E-state index in [-0.39, 0.29) is 18.0 Å². The summed E-state index contributed by atoms with van der Waals surface area (Å²) in [5.74, 6) is 1.30. The number of carbonyl (C=O) groups excluding carboxylic acids is 1. The highest BCUT2D eigenvalue weighted by molar-refractivity contribution is 6.06. The summed E-state index contributed by atoms with van der Waals surface area (Å²) in [6.07, 6.45) is 2.59. The second-order valence-corrected chi connectivity index (χ2v) is 7.62. The van der Waals surface area contributed by atoms with E-state index in [0.29, 0.717) is 35.9 Å². The van der Waals surface area contributed by atoms with E-state index < -0.39 is 0 Å². The Hall–Kier alpha value is -3.09. The van der Waals surface area contributed by atoms with Crippen molar-refractivity contribution in [2.75, 3.05) is 13.2 Å². The monoisotopic (exact) mass is 394 g/mol. The van der Waals surface area contributed by atoms with Gasteiger partial charge in [-0.25, -0.2) is 9.67 Å². The van der Waals surface area contributed by atoms with Crippen molar-refractivity contribution in [2.24, 2.45) is 0 Å². The van der Waals surface area contributed by atoms with Crippen molar-refractivity contribution in [2.45, 2.75) is 46.2 Å². The summed E-state index contributed by atoms with van der Waals surface area (Å²) in [6.45, 7) is 9.20. The zero-order valence-electron chi connectivity index (χ0n) is 17.2. The van der Waals surface area contributed by atoms with E-state index in [0.717, 1.165) is 23.1 Å². The van der Waals surface area contributed by atoms with Gasteiger partial charge in [0.15, 0.2) is 17.1 Å². The molecule has 0 aliphatic carbocycles. The largest absolute Gasteiger partial charge is 0.486 e. The maximum Gasteiger partial charge on any atom is 0.252 e. The van der Waals surface area contributed by atoms with Gasteiger partial charge in [-0.05, 0) is 51.5 Å². The van der Waals surface area contributed by atoms with Gasteiger partial charge in [-0.1, -0.05) is 6.92 Å². The van der Waals surface area contributed by atoms with Gasteiger partial charge in [0, 0.05) is 17.6 Å². The molecule has 7 nitrogen and oxygen atoms in total. The summed E-state index contributed by atoms with van der Waals surface area (Å²) < 4.78 is 13.2. The first kappa shape index (κ1) is 19.2. The van der Waals surface area contributed by atoms with Crippen LogP contribution < -0.4 is 14.8 Å². The lowest BCUT2D eigenvalue weighted by molar-refractivity contribution is 0.0941. The highest BCUT2D eigenvalue weighted by Crippen LogP contribution is 2.35. The molecule has 0 unspecified atom stereocenters. The van der Waals surface area contributed by atoms with Crippen LogP contribution in [0, 0.1) is 0 Å². The molecule has 7 heteroatoms. The molecule has 3 heterocycles. The minimum Gasteiger partial charge on any atom is -0.486 e. The highest BCUT2D eigenvalue weighted by Gasteiger charge is 2.20. The van der Waals surface area contributed by atoms with Crippen molar-refractivity contribution in [3.05, 3.63) is 36.0 Å². The van der Waals surface area contributed by atoms with Crippen LogP contribution in [0.3, 0.4) is 0 Å². The van der Waals surface area contributed by atoms with Crippen molar-refractivity contribution in [3.63, 3.8) is 0 Å². The number of amides is 1. The standard InChI is InChI=1S/C22H26N4O3/c1-5-14(4)24-22(27)16-11-18(25-21-17(16)12-23-26(21)13(2)3)15-6-7-19-20(10-15)29-9-8-28-19/h6-7,10-14H,5,8-9H2,1-4H3,(H,24,27)/t14-/m0/s1. The van der Waals surface area contributed by atoms with Crippen LogP contribution >= 0.6 is 0 Å². The molecule has 1 amide bonds. The fraction of sp³-hybridized carbons (Fsp3) is 0.409. The number of nitrogens with one attached hydrogen (secondary N) is 1. The van der Waals surface area contributed by atoms with E-state index in [1.54, 1.807) is 6.20 Å². The number of aromatic nitrogens is 3. The number of fused-ring (bicyclic) bond motifs is 2. The molecule has 2 aromatic heterocycles. The Kier molecular flexibility index (Phi) is 5.13. The molecule has 1 aliphatic rings. The molecule has 0 saturated carbocycles. The van der Waals surface area contributed by atoms with E-state index in [4.69, 9.17) is 14.5 Å². The van der Waals surface area contributed by atoms with Crippen LogP contribution in [0.1, 0.15) is 50.5 Å². The number of ether oxygens (including phenoxy) is 2. The molecule has 29 heavy (non-hydrogen) atoms. The number of carbonyl (C=O) groups is 1. The molecular weight excluding hydrogens is 368 g/mol. The molecule has 3 aromatic rings. The van der Waals surface area contributed by atoms with E-state index in [1.165, 1.54) is 0 Å². The first-order valence-electron chi connectivity index (χ1n) is 10.1. The normalized spacial score (nSPS) is 14.2. The second-order valence-electron chi connectivity index (χ2n) is 7.62. The van der Waals surface area contributed by atoms with Crippen LogP contribution in [0.15, 0.2) is 30.5 Å². The molecule has 1 atom stereocenters. The average molecular weight is 394 g/mol. The molecule has 0 radical (unpaired) electrons. The fourth-order valence-corrected chi connectivity index (χ4v) is 3.34. The van der Waals surface area contributed by atoms with E-state index in [9.17, 15) is 4.79 Å². The molecule has 0 bridgehead atoms. The lowest BCUT2D eigenvalue weighted by Crippen LogP contribution is -2.32. The van der Waals surface area contributed by atoms with Gasteiger partial charge in [-0.3, -0.25) is 4.79 Å². The molecule has 1 aliphatic heterocycles. The first-order chi connectivity index (χ1) is 14.0. The molecule has 1 N–H and O–H groups in total. The summed E-state index contributed by atoms with van der Waals surface area (Å²) in [5.41, 5.74) is 2.84. The Labute approximate surface area is 170 Å². The molecule has 1 aromatic carbocycles. The van der Waals surface area contributed by atoms with E-state index >= 15 is 0 Å². The summed E-state index contributed by atoms with van der Waals surface area (Å²) in [7, 11) is 0. The zero-order valence-corrected chi connectivity index (χ0v) is 17.2. The minimum absolute atomic E-state index is 0.0867. The van der Waals surface area contributed by atoms with Crippen molar-refractivity contribution >= 4 is 16.9 Å². The van der Waals surface area contributed by atoms with Crippen LogP contribution in [0.25, 0.3) is 22.3 Å². The van der Waals surface area contributed by atoms with E-state index in [2.05, 4.69) is 10.4 Å². The topological polar surface area (TPSA) is 78.3 Å². The Morgan fingerprint density at radius 2 is 1.93 bits per heavy atom. The molecule has 0 spiro atoms. The predicted octanol–water partition coefficient (Wildman–Crippen LogP) is 3.98. The SMILES string of the molecule is CC[C@H](C)NC(=O)c1cc(-c2ccc3c(c2)OCCO3)nc2c1cnn2C(C)C. The van der Waals surface area contributed by atoms with Gasteiger partial charge in [0.25, 0.3) is 5.91 Å². The minimum atomic E-state index is -0.117. The summed E-state index contributed by atoms with van der Waals surface area (Å²) >= 11 is 0. The number of nitrogens with zero attached hydrogens (tertiary/aromatic N) is 3. The van der Waals surface area contributed by atoms with Gasteiger partial charge in [0.05, 0.1) is 22.8 Å². The van der Waals surface area contributed by atoms with Gasteiger partial charge in [-0.15, -0.1) is 0 Å². The summed E-state index contributed by atoms with van der Waals surface area (Å²) in [5, 5.41) is 8.28. The van der Waals surface area contributed by atoms with Gasteiger partial charge >= 0.3 is 0 Å². The predicted molar refractivity (Wildman–Crippen MR) is 112 cm³/mol.